The second-order valence-electron chi connectivity index (χ2n) is 4.64. The Morgan fingerprint density at radius 3 is 2.79 bits per heavy atom. The van der Waals surface area contributed by atoms with Gasteiger partial charge in [-0.2, -0.15) is 0 Å². The molecule has 2 N–H and O–H groups in total. The molecule has 0 aromatic carbocycles. The van der Waals surface area contributed by atoms with Gasteiger partial charge in [-0.3, -0.25) is 9.13 Å². The molecule has 1 unspecified atom stereocenters. The van der Waals surface area contributed by atoms with Crippen LogP contribution in [0, 0.1) is 0 Å². The molecule has 98 valence electrons. The van der Waals surface area contributed by atoms with E-state index in [9.17, 15) is 9.13 Å². The van der Waals surface area contributed by atoms with Crippen molar-refractivity contribution in [2.24, 2.45) is 0 Å². The van der Waals surface area contributed by atoms with E-state index < -0.39 is 4.90 Å². The van der Waals surface area contributed by atoms with E-state index in [2.05, 4.69) is 15.0 Å². The molecule has 0 amide bonds. The standard InChI is InChI=1S/C10H11N5O2P2/c11-8-7-9(13-4-12-8)15(5-14-7)6-1-2-10(3-6,18-16)19-17/h4-6H,1-3H2,(H2,11,12,13). The van der Waals surface area contributed by atoms with Crippen molar-refractivity contribution >= 4 is 33.9 Å². The molecule has 1 fully saturated rings. The minimum Gasteiger partial charge on any atom is -0.382 e. The van der Waals surface area contributed by atoms with Crippen molar-refractivity contribution in [3.8, 4) is 0 Å². The van der Waals surface area contributed by atoms with Gasteiger partial charge < -0.3 is 10.3 Å². The van der Waals surface area contributed by atoms with E-state index >= 15 is 0 Å². The van der Waals surface area contributed by atoms with E-state index in [0.717, 1.165) is 6.42 Å². The number of anilines is 1. The van der Waals surface area contributed by atoms with Crippen LogP contribution in [0.4, 0.5) is 5.82 Å². The second kappa shape index (κ2) is 4.58. The highest BCUT2D eigenvalue weighted by Gasteiger charge is 2.42. The van der Waals surface area contributed by atoms with Gasteiger partial charge in [-0.1, -0.05) is 0 Å². The molecule has 0 bridgehead atoms. The Morgan fingerprint density at radius 2 is 2.11 bits per heavy atom. The summed E-state index contributed by atoms with van der Waals surface area (Å²) in [5.41, 5.74) is 6.98. The molecule has 9 heteroatoms. The summed E-state index contributed by atoms with van der Waals surface area (Å²) in [7, 11) is -0.146. The Hall–Kier alpha value is -1.45. The van der Waals surface area contributed by atoms with Crippen molar-refractivity contribution in [1.82, 2.24) is 19.5 Å². The van der Waals surface area contributed by atoms with Gasteiger partial charge in [0.05, 0.1) is 6.33 Å². The van der Waals surface area contributed by atoms with Crippen LogP contribution in [0.2, 0.25) is 0 Å². The highest BCUT2D eigenvalue weighted by atomic mass is 31.1. The first-order valence-electron chi connectivity index (χ1n) is 5.81. The molecule has 3 rings (SSSR count). The summed E-state index contributed by atoms with van der Waals surface area (Å²) in [6, 6.07) is 0.0854. The van der Waals surface area contributed by atoms with Crippen LogP contribution in [-0.2, 0) is 9.13 Å². The third kappa shape index (κ3) is 1.94. The maximum atomic E-state index is 11.2. The van der Waals surface area contributed by atoms with Crippen molar-refractivity contribution in [1.29, 1.82) is 0 Å². The van der Waals surface area contributed by atoms with E-state index in [1.807, 2.05) is 4.57 Å². The number of nitrogens with two attached hydrogens (primary N) is 1. The van der Waals surface area contributed by atoms with Gasteiger partial charge in [0.2, 0.25) is 0 Å². The summed E-state index contributed by atoms with van der Waals surface area (Å²) in [6.07, 6.45) is 5.07. The van der Waals surface area contributed by atoms with Crippen LogP contribution in [0.3, 0.4) is 0 Å². The zero-order valence-corrected chi connectivity index (χ0v) is 11.7. The fourth-order valence-electron chi connectivity index (χ4n) is 2.54. The third-order valence-electron chi connectivity index (χ3n) is 3.56. The molecule has 7 nitrogen and oxygen atoms in total. The quantitative estimate of drug-likeness (QED) is 0.872. The summed E-state index contributed by atoms with van der Waals surface area (Å²) >= 11 is 0. The maximum absolute atomic E-state index is 11.2. The lowest BCUT2D eigenvalue weighted by molar-refractivity contribution is 0.519. The molecule has 0 radical (unpaired) electrons. The monoisotopic (exact) mass is 295 g/mol. The van der Waals surface area contributed by atoms with Crippen LogP contribution in [0.15, 0.2) is 12.7 Å². The van der Waals surface area contributed by atoms with Crippen LogP contribution < -0.4 is 5.73 Å². The molecule has 0 aliphatic heterocycles. The van der Waals surface area contributed by atoms with Crippen molar-refractivity contribution < 1.29 is 9.13 Å². The smallest absolute Gasteiger partial charge is 0.174 e. The normalized spacial score (nSPS) is 27.5. The minimum atomic E-state index is -0.667. The van der Waals surface area contributed by atoms with Gasteiger partial charge >= 0.3 is 0 Å². The average molecular weight is 295 g/mol. The summed E-state index contributed by atoms with van der Waals surface area (Å²) in [5, 5.41) is 0. The average Bonchev–Trinajstić information content (AvgIpc) is 3.03. The molecule has 2 heterocycles. The molecule has 2 aromatic heterocycles. The van der Waals surface area contributed by atoms with Gasteiger partial charge in [-0.15, -0.1) is 0 Å². The number of rotatable bonds is 3. The molecule has 19 heavy (non-hydrogen) atoms. The molecule has 0 saturated heterocycles. The van der Waals surface area contributed by atoms with Crippen molar-refractivity contribution in [3.63, 3.8) is 0 Å². The van der Waals surface area contributed by atoms with E-state index in [-0.39, 0.29) is 23.0 Å². The Bertz CT molecular complexity index is 650. The van der Waals surface area contributed by atoms with Crippen LogP contribution in [-0.4, -0.2) is 24.4 Å². The molecule has 1 atom stereocenters. The number of aromatic nitrogens is 4. The molecule has 1 aliphatic carbocycles. The summed E-state index contributed by atoms with van der Waals surface area (Å²) in [4.78, 5) is 11.6. The fraction of sp³-hybridized carbons (Fsp3) is 0.500. The zero-order valence-electron chi connectivity index (χ0n) is 9.93. The first kappa shape index (κ1) is 12.6. The van der Waals surface area contributed by atoms with Crippen molar-refractivity contribution in [2.75, 3.05) is 5.73 Å². The largest absolute Gasteiger partial charge is 0.382 e. The molecular formula is C10H11N5O2P2. The Morgan fingerprint density at radius 1 is 1.32 bits per heavy atom. The predicted octanol–water partition coefficient (Wildman–Crippen LogP) is 2.41. The topological polar surface area (TPSA) is 104 Å². The molecule has 1 aliphatic rings. The third-order valence-corrected chi connectivity index (χ3v) is 5.54. The lowest BCUT2D eigenvalue weighted by Gasteiger charge is -2.14. The van der Waals surface area contributed by atoms with Gasteiger partial charge in [0.25, 0.3) is 0 Å². The highest BCUT2D eigenvalue weighted by Crippen LogP contribution is 2.52. The number of hydrogen-bond acceptors (Lipinski definition) is 6. The highest BCUT2D eigenvalue weighted by molar-refractivity contribution is 7.46. The van der Waals surface area contributed by atoms with Crippen LogP contribution >= 0.6 is 16.9 Å². The summed E-state index contributed by atoms with van der Waals surface area (Å²) < 4.78 is 24.3. The Balaban J connectivity index is 2.01. The summed E-state index contributed by atoms with van der Waals surface area (Å²) in [6.45, 7) is 0. The van der Waals surface area contributed by atoms with Gasteiger partial charge in [-0.25, -0.2) is 15.0 Å². The zero-order chi connectivity index (χ0) is 13.5. The molecule has 0 spiro atoms. The predicted molar refractivity (Wildman–Crippen MR) is 70.6 cm³/mol. The van der Waals surface area contributed by atoms with E-state index in [0.29, 0.717) is 29.8 Å². The van der Waals surface area contributed by atoms with E-state index in [1.165, 1.54) is 6.33 Å². The fourth-order valence-corrected chi connectivity index (χ4v) is 3.68. The number of nitrogens with zero attached hydrogens (tertiary/aromatic N) is 4. The minimum absolute atomic E-state index is 0.0730. The molecular weight excluding hydrogens is 284 g/mol. The number of nitrogen functional groups attached to an aromatic ring is 1. The van der Waals surface area contributed by atoms with Gasteiger partial charge in [0, 0.05) is 6.04 Å². The second-order valence-corrected chi connectivity index (χ2v) is 7.07. The lowest BCUT2D eigenvalue weighted by Crippen LogP contribution is -2.10. The lowest BCUT2D eigenvalue weighted by atomic mass is 10.2. The first-order valence-corrected chi connectivity index (χ1v) is 7.43. The Kier molecular flexibility index (Phi) is 3.03. The van der Waals surface area contributed by atoms with Crippen LogP contribution in [0.1, 0.15) is 25.3 Å². The van der Waals surface area contributed by atoms with Crippen molar-refractivity contribution in [3.05, 3.63) is 12.7 Å². The van der Waals surface area contributed by atoms with Crippen molar-refractivity contribution in [2.45, 2.75) is 30.2 Å². The van der Waals surface area contributed by atoms with Gasteiger partial charge in [0.1, 0.15) is 16.7 Å². The SMILES string of the molecule is Nc1ncnc2c1ncn2C1CCC(P=O)(P=O)C1. The maximum Gasteiger partial charge on any atom is 0.174 e. The first-order chi connectivity index (χ1) is 9.19. The number of fused-ring (bicyclic) bond motifs is 1. The van der Waals surface area contributed by atoms with E-state index in [4.69, 9.17) is 5.73 Å². The number of hydrogen-bond donors (Lipinski definition) is 1. The van der Waals surface area contributed by atoms with E-state index in [1.54, 1.807) is 6.33 Å². The van der Waals surface area contributed by atoms with Crippen LogP contribution in [0.25, 0.3) is 11.2 Å². The van der Waals surface area contributed by atoms with Gasteiger partial charge in [0.15, 0.2) is 28.4 Å². The molecule has 2 aromatic rings. The number of imidazole rings is 1. The van der Waals surface area contributed by atoms with Crippen LogP contribution in [0.5, 0.6) is 0 Å². The summed E-state index contributed by atoms with van der Waals surface area (Å²) in [5.74, 6) is 0.344. The Labute approximate surface area is 112 Å². The molecule has 1 saturated carbocycles. The van der Waals surface area contributed by atoms with Gasteiger partial charge in [-0.05, 0) is 19.3 Å².